The van der Waals surface area contributed by atoms with E-state index in [1.165, 1.54) is 5.06 Å². The lowest BCUT2D eigenvalue weighted by atomic mass is 10.0. The number of hydrogen-bond acceptors (Lipinski definition) is 3. The van der Waals surface area contributed by atoms with Gasteiger partial charge in [-0.3, -0.25) is 4.84 Å². The molecule has 2 amide bonds. The lowest BCUT2D eigenvalue weighted by Crippen LogP contribution is -2.44. The van der Waals surface area contributed by atoms with E-state index in [1.54, 1.807) is 6.08 Å². The molecule has 130 valence electrons. The fraction of sp³-hybridized carbons (Fsp3) is 0.706. The van der Waals surface area contributed by atoms with Crippen LogP contribution in [0.2, 0.25) is 19.1 Å². The number of nitrogens with zero attached hydrogens (tertiary/aromatic N) is 2. The van der Waals surface area contributed by atoms with Gasteiger partial charge in [0.05, 0.1) is 25.3 Å². The van der Waals surface area contributed by atoms with Crippen molar-refractivity contribution in [2.24, 2.45) is 5.41 Å². The Kier molecular flexibility index (Phi) is 5.38. The van der Waals surface area contributed by atoms with Gasteiger partial charge < -0.3 is 9.33 Å². The van der Waals surface area contributed by atoms with Crippen molar-refractivity contribution in [1.82, 2.24) is 9.96 Å². The van der Waals surface area contributed by atoms with Gasteiger partial charge in [-0.25, -0.2) is 4.79 Å². The van der Waals surface area contributed by atoms with Gasteiger partial charge in [0, 0.05) is 6.54 Å². The zero-order valence-corrected chi connectivity index (χ0v) is 16.0. The number of carbonyl (C=O) groups excluding carboxylic acids is 1. The Balaban J connectivity index is 1.94. The third-order valence-corrected chi connectivity index (χ3v) is 6.87. The molecule has 2 bridgehead atoms. The smallest absolute Gasteiger partial charge is 0.345 e. The van der Waals surface area contributed by atoms with Gasteiger partial charge in [-0.05, 0) is 24.6 Å². The number of hydrogen-bond donors (Lipinski definition) is 0. The molecule has 6 heteroatoms. The highest BCUT2D eigenvalue weighted by Crippen LogP contribution is 2.30. The van der Waals surface area contributed by atoms with Crippen LogP contribution in [0.5, 0.6) is 0 Å². The van der Waals surface area contributed by atoms with Crippen LogP contribution in [0.4, 0.5) is 4.79 Å². The summed E-state index contributed by atoms with van der Waals surface area (Å²) in [6.45, 7) is 16.4. The number of rotatable bonds is 7. The molecular formula is C17H30N2O3Si. The standard InChI is InChI=1S/C17H30N2O3Si/c1-7-10-21-19-14-8-9-15(18(11-14)16(19)20)12-22-23(5,6)13-17(2,3)4/h7-9,14-15H,1,10-13H2,2-6H3/t14-,15+/m1/s1. The third-order valence-electron chi connectivity index (χ3n) is 4.01. The van der Waals surface area contributed by atoms with E-state index in [0.717, 1.165) is 6.04 Å². The van der Waals surface area contributed by atoms with Crippen molar-refractivity contribution in [3.8, 4) is 0 Å². The molecule has 1 saturated heterocycles. The minimum atomic E-state index is -1.74. The Hall–Kier alpha value is -1.11. The van der Waals surface area contributed by atoms with E-state index in [0.29, 0.717) is 19.8 Å². The molecule has 5 nitrogen and oxygen atoms in total. The Morgan fingerprint density at radius 3 is 2.70 bits per heavy atom. The first-order valence-electron chi connectivity index (χ1n) is 8.29. The predicted molar refractivity (Wildman–Crippen MR) is 94.5 cm³/mol. The van der Waals surface area contributed by atoms with Crippen LogP contribution in [-0.4, -0.2) is 56.2 Å². The summed E-state index contributed by atoms with van der Waals surface area (Å²) >= 11 is 0. The van der Waals surface area contributed by atoms with Gasteiger partial charge in [-0.2, -0.15) is 5.06 Å². The summed E-state index contributed by atoms with van der Waals surface area (Å²) in [5.74, 6) is 0. The number of carbonyl (C=O) groups is 1. The molecule has 23 heavy (non-hydrogen) atoms. The second-order valence-electron chi connectivity index (χ2n) is 8.17. The summed E-state index contributed by atoms with van der Waals surface area (Å²) in [5, 5.41) is 1.45. The minimum absolute atomic E-state index is 0.00136. The molecule has 2 rings (SSSR count). The summed E-state index contributed by atoms with van der Waals surface area (Å²) in [5.41, 5.74) is 0.266. The highest BCUT2D eigenvalue weighted by Gasteiger charge is 2.43. The first-order chi connectivity index (χ1) is 10.6. The van der Waals surface area contributed by atoms with Crippen LogP contribution in [-0.2, 0) is 9.26 Å². The zero-order chi connectivity index (χ0) is 17.3. The fourth-order valence-electron chi connectivity index (χ4n) is 3.47. The van der Waals surface area contributed by atoms with E-state index in [4.69, 9.17) is 9.26 Å². The molecule has 0 unspecified atom stereocenters. The topological polar surface area (TPSA) is 42.0 Å². The van der Waals surface area contributed by atoms with Crippen molar-refractivity contribution < 1.29 is 14.1 Å². The lowest BCUT2D eigenvalue weighted by molar-refractivity contribution is -0.107. The van der Waals surface area contributed by atoms with Crippen LogP contribution in [0, 0.1) is 5.41 Å². The largest absolute Gasteiger partial charge is 0.415 e. The van der Waals surface area contributed by atoms with Crippen LogP contribution in [0.1, 0.15) is 20.8 Å². The SMILES string of the molecule is C=CCON1C(=O)N2C[C@H]1C=C[C@H]2CO[Si](C)(C)CC(C)(C)C. The summed E-state index contributed by atoms with van der Waals surface area (Å²) in [6.07, 6.45) is 5.78. The van der Waals surface area contributed by atoms with Crippen LogP contribution in [0.15, 0.2) is 24.8 Å². The molecule has 0 aliphatic carbocycles. The summed E-state index contributed by atoms with van der Waals surface area (Å²) in [6, 6.07) is 1.02. The summed E-state index contributed by atoms with van der Waals surface area (Å²) < 4.78 is 6.28. The first-order valence-corrected chi connectivity index (χ1v) is 11.4. The van der Waals surface area contributed by atoms with Crippen molar-refractivity contribution in [2.45, 2.75) is 52.0 Å². The molecule has 2 aliphatic heterocycles. The molecule has 0 radical (unpaired) electrons. The Bertz CT molecular complexity index is 485. The second-order valence-corrected chi connectivity index (χ2v) is 12.3. The number of urea groups is 1. The zero-order valence-electron chi connectivity index (χ0n) is 15.0. The lowest BCUT2D eigenvalue weighted by Gasteiger charge is -2.33. The quantitative estimate of drug-likeness (QED) is 0.528. The van der Waals surface area contributed by atoms with Crippen molar-refractivity contribution >= 4 is 14.3 Å². The second kappa shape index (κ2) is 6.79. The molecule has 0 aromatic heterocycles. The molecule has 2 atom stereocenters. The van der Waals surface area contributed by atoms with E-state index in [-0.39, 0.29) is 23.5 Å². The van der Waals surface area contributed by atoms with Crippen molar-refractivity contribution in [1.29, 1.82) is 0 Å². The molecular weight excluding hydrogens is 308 g/mol. The summed E-state index contributed by atoms with van der Waals surface area (Å²) in [4.78, 5) is 19.8. The van der Waals surface area contributed by atoms with E-state index < -0.39 is 8.32 Å². The fourth-order valence-corrected chi connectivity index (χ4v) is 6.75. The van der Waals surface area contributed by atoms with Gasteiger partial charge in [-0.1, -0.05) is 39.0 Å². The highest BCUT2D eigenvalue weighted by molar-refractivity contribution is 6.71. The molecule has 1 fully saturated rings. The summed E-state index contributed by atoms with van der Waals surface area (Å²) in [7, 11) is -1.74. The molecule has 2 aliphatic rings. The molecule has 0 aromatic carbocycles. The van der Waals surface area contributed by atoms with E-state index >= 15 is 0 Å². The van der Waals surface area contributed by atoms with Crippen LogP contribution < -0.4 is 0 Å². The van der Waals surface area contributed by atoms with Crippen LogP contribution in [0.3, 0.4) is 0 Å². The Morgan fingerprint density at radius 2 is 2.09 bits per heavy atom. The molecule has 0 aromatic rings. The molecule has 0 spiro atoms. The number of hydroxylamine groups is 2. The molecule has 0 N–H and O–H groups in total. The third kappa shape index (κ3) is 4.68. The molecule has 0 saturated carbocycles. The maximum absolute atomic E-state index is 12.5. The maximum atomic E-state index is 12.5. The number of fused-ring (bicyclic) bond motifs is 2. The minimum Gasteiger partial charge on any atom is -0.415 e. The average Bonchev–Trinajstić information content (AvgIpc) is 2.66. The van der Waals surface area contributed by atoms with Crippen molar-refractivity contribution in [3.63, 3.8) is 0 Å². The van der Waals surface area contributed by atoms with E-state index in [1.807, 2.05) is 4.90 Å². The van der Waals surface area contributed by atoms with E-state index in [2.05, 4.69) is 52.6 Å². The van der Waals surface area contributed by atoms with Gasteiger partial charge in [0.25, 0.3) is 0 Å². The Morgan fingerprint density at radius 1 is 1.39 bits per heavy atom. The van der Waals surface area contributed by atoms with Gasteiger partial charge in [0.1, 0.15) is 0 Å². The van der Waals surface area contributed by atoms with Crippen LogP contribution in [0.25, 0.3) is 0 Å². The average molecular weight is 339 g/mol. The van der Waals surface area contributed by atoms with Crippen LogP contribution >= 0.6 is 0 Å². The van der Waals surface area contributed by atoms with Crippen molar-refractivity contribution in [2.75, 3.05) is 19.8 Å². The first kappa shape index (κ1) is 18.2. The van der Waals surface area contributed by atoms with Crippen molar-refractivity contribution in [3.05, 3.63) is 24.8 Å². The monoisotopic (exact) mass is 338 g/mol. The van der Waals surface area contributed by atoms with Gasteiger partial charge in [0.15, 0.2) is 8.32 Å². The van der Waals surface area contributed by atoms with Gasteiger partial charge in [-0.15, -0.1) is 6.58 Å². The van der Waals surface area contributed by atoms with Gasteiger partial charge >= 0.3 is 6.03 Å². The highest BCUT2D eigenvalue weighted by atomic mass is 28.4. The Labute approximate surface area is 141 Å². The van der Waals surface area contributed by atoms with E-state index in [9.17, 15) is 4.79 Å². The van der Waals surface area contributed by atoms with Gasteiger partial charge in [0.2, 0.25) is 0 Å². The normalized spacial score (nSPS) is 24.5. The maximum Gasteiger partial charge on any atom is 0.345 e. The molecule has 2 heterocycles. The number of amides is 2. The predicted octanol–water partition coefficient (Wildman–Crippen LogP) is 3.42.